The summed E-state index contributed by atoms with van der Waals surface area (Å²) in [4.78, 5) is 27.7. The number of hydrogen-bond donors (Lipinski definition) is 2. The first-order valence-corrected chi connectivity index (χ1v) is 6.32. The Kier molecular flexibility index (Phi) is 2.83. The summed E-state index contributed by atoms with van der Waals surface area (Å²) in [5.41, 5.74) is -0.269. The second-order valence-corrected chi connectivity index (χ2v) is 5.19. The zero-order valence-corrected chi connectivity index (χ0v) is 10.8. The normalized spacial score (nSPS) is 34.1. The summed E-state index contributed by atoms with van der Waals surface area (Å²) >= 11 is 0. The number of carbonyl (C=O) groups excluding carboxylic acids is 1. The summed E-state index contributed by atoms with van der Waals surface area (Å²) in [5, 5.41) is 12.1. The van der Waals surface area contributed by atoms with E-state index in [1.165, 1.54) is 0 Å². The van der Waals surface area contributed by atoms with E-state index in [1.807, 2.05) is 0 Å². The van der Waals surface area contributed by atoms with Crippen molar-refractivity contribution < 1.29 is 19.4 Å². The Morgan fingerprint density at radius 3 is 2.75 bits per heavy atom. The number of fused-ring (bicyclic) bond motifs is 2. The van der Waals surface area contributed by atoms with Crippen LogP contribution < -0.4 is 5.32 Å². The number of carboxylic acids is 1. The number of nitrogens with one attached hydrogen (secondary N) is 1. The molecule has 4 atom stereocenters. The Morgan fingerprint density at radius 2 is 2.10 bits per heavy atom. The average Bonchev–Trinajstić information content (AvgIpc) is 2.92. The molecule has 0 aromatic carbocycles. The highest BCUT2D eigenvalue weighted by Crippen LogP contribution is 2.47. The highest BCUT2D eigenvalue weighted by Gasteiger charge is 2.59. The number of nitrogens with zero attached hydrogens (tertiary/aromatic N) is 1. The second-order valence-electron chi connectivity index (χ2n) is 5.19. The zero-order chi connectivity index (χ0) is 14.3. The van der Waals surface area contributed by atoms with Crippen LogP contribution in [-0.2, 0) is 14.3 Å². The number of hydrogen-bond acceptors (Lipinski definition) is 4. The molecule has 2 aliphatic rings. The number of aromatic nitrogens is 1. The van der Waals surface area contributed by atoms with Gasteiger partial charge < -0.3 is 15.2 Å². The predicted octanol–water partition coefficient (Wildman–Crippen LogP) is 1.06. The summed E-state index contributed by atoms with van der Waals surface area (Å²) in [6.07, 6.45) is 6.07. The largest absolute Gasteiger partial charge is 0.481 e. The van der Waals surface area contributed by atoms with Crippen LogP contribution in [0, 0.1) is 11.8 Å². The van der Waals surface area contributed by atoms with Gasteiger partial charge in [0.2, 0.25) is 5.91 Å². The number of rotatable bonds is 3. The number of aliphatic carboxylic acids is 1. The van der Waals surface area contributed by atoms with E-state index in [0.717, 1.165) is 0 Å². The fourth-order valence-electron chi connectivity index (χ4n) is 2.94. The van der Waals surface area contributed by atoms with Crippen molar-refractivity contribution >= 4 is 17.6 Å². The fourth-order valence-corrected chi connectivity index (χ4v) is 2.94. The van der Waals surface area contributed by atoms with E-state index >= 15 is 0 Å². The fraction of sp³-hybridized carbons (Fsp3) is 0.357. The van der Waals surface area contributed by atoms with Gasteiger partial charge in [-0.2, -0.15) is 0 Å². The van der Waals surface area contributed by atoms with Crippen molar-refractivity contribution in [2.24, 2.45) is 11.8 Å². The average molecular weight is 274 g/mol. The molecule has 20 heavy (non-hydrogen) atoms. The van der Waals surface area contributed by atoms with Crippen LogP contribution in [0.3, 0.4) is 0 Å². The molecule has 1 aromatic rings. The summed E-state index contributed by atoms with van der Waals surface area (Å²) < 4.78 is 5.64. The van der Waals surface area contributed by atoms with Crippen LogP contribution in [0.2, 0.25) is 0 Å². The molecule has 2 bridgehead atoms. The van der Waals surface area contributed by atoms with Gasteiger partial charge in [-0.05, 0) is 19.1 Å². The first-order chi connectivity index (χ1) is 9.51. The van der Waals surface area contributed by atoms with Gasteiger partial charge >= 0.3 is 5.97 Å². The van der Waals surface area contributed by atoms with Crippen LogP contribution in [0.4, 0.5) is 5.69 Å². The van der Waals surface area contributed by atoms with Crippen LogP contribution in [0.15, 0.2) is 36.7 Å². The smallest absolute Gasteiger partial charge is 0.310 e. The van der Waals surface area contributed by atoms with Crippen LogP contribution >= 0.6 is 0 Å². The van der Waals surface area contributed by atoms with Gasteiger partial charge in [-0.1, -0.05) is 12.2 Å². The van der Waals surface area contributed by atoms with E-state index in [1.54, 1.807) is 43.6 Å². The van der Waals surface area contributed by atoms with Gasteiger partial charge in [0.05, 0.1) is 17.6 Å². The molecular weight excluding hydrogens is 260 g/mol. The van der Waals surface area contributed by atoms with Gasteiger partial charge in [0.1, 0.15) is 5.92 Å². The molecule has 3 rings (SSSR count). The molecule has 1 saturated heterocycles. The summed E-state index contributed by atoms with van der Waals surface area (Å²) in [6.45, 7) is 1.74. The van der Waals surface area contributed by atoms with Gasteiger partial charge in [0.15, 0.2) is 0 Å². The molecule has 2 aliphatic heterocycles. The van der Waals surface area contributed by atoms with Crippen LogP contribution in [0.25, 0.3) is 0 Å². The van der Waals surface area contributed by atoms with Crippen molar-refractivity contribution in [3.05, 3.63) is 36.7 Å². The predicted molar refractivity (Wildman–Crippen MR) is 69.9 cm³/mol. The van der Waals surface area contributed by atoms with E-state index in [9.17, 15) is 14.7 Å². The number of amides is 1. The van der Waals surface area contributed by atoms with Crippen LogP contribution in [-0.4, -0.2) is 33.7 Å². The lowest BCUT2D eigenvalue weighted by atomic mass is 9.75. The number of carbonyl (C=O) groups is 2. The maximum Gasteiger partial charge on any atom is 0.310 e. The Bertz CT molecular complexity index is 586. The lowest BCUT2D eigenvalue weighted by Crippen LogP contribution is -2.44. The molecule has 0 saturated carbocycles. The van der Waals surface area contributed by atoms with Crippen molar-refractivity contribution in [3.8, 4) is 0 Å². The molecule has 104 valence electrons. The number of carboxylic acid groups (broad SMARTS) is 1. The molecule has 1 aromatic heterocycles. The summed E-state index contributed by atoms with van der Waals surface area (Å²) in [5.74, 6) is -2.97. The molecule has 3 heterocycles. The molecular formula is C14H14N2O4. The minimum atomic E-state index is -1.02. The third-order valence-corrected chi connectivity index (χ3v) is 3.85. The Morgan fingerprint density at radius 1 is 1.40 bits per heavy atom. The Balaban J connectivity index is 1.86. The lowest BCUT2D eigenvalue weighted by Gasteiger charge is -2.27. The van der Waals surface area contributed by atoms with E-state index < -0.39 is 29.5 Å². The minimum Gasteiger partial charge on any atom is -0.481 e. The van der Waals surface area contributed by atoms with Gasteiger partial charge in [-0.3, -0.25) is 14.6 Å². The van der Waals surface area contributed by atoms with Gasteiger partial charge in [-0.15, -0.1) is 0 Å². The number of pyridine rings is 1. The molecule has 0 unspecified atom stereocenters. The summed E-state index contributed by atoms with van der Waals surface area (Å²) in [7, 11) is 0. The standard InChI is InChI=1S/C14H14N2O4/c1-14-5-2-9(20-14)10(13(18)19)11(14)12(17)16-8-3-6-15-7-4-8/h2-7,9-11H,1H3,(H,18,19)(H,15,16,17)/t9-,10+,11+,14+/m1/s1. The molecule has 6 nitrogen and oxygen atoms in total. The quantitative estimate of drug-likeness (QED) is 0.805. The lowest BCUT2D eigenvalue weighted by molar-refractivity contribution is -0.146. The molecule has 0 spiro atoms. The monoisotopic (exact) mass is 274 g/mol. The molecule has 2 N–H and O–H groups in total. The van der Waals surface area contributed by atoms with Crippen molar-refractivity contribution in [3.63, 3.8) is 0 Å². The third-order valence-electron chi connectivity index (χ3n) is 3.85. The van der Waals surface area contributed by atoms with E-state index in [4.69, 9.17) is 4.74 Å². The van der Waals surface area contributed by atoms with Crippen molar-refractivity contribution in [2.75, 3.05) is 5.32 Å². The highest BCUT2D eigenvalue weighted by molar-refractivity contribution is 5.97. The molecule has 1 amide bonds. The number of ether oxygens (including phenoxy) is 1. The highest BCUT2D eigenvalue weighted by atomic mass is 16.5. The molecule has 0 radical (unpaired) electrons. The number of anilines is 1. The first-order valence-electron chi connectivity index (χ1n) is 6.32. The van der Waals surface area contributed by atoms with Gasteiger partial charge in [-0.25, -0.2) is 0 Å². The van der Waals surface area contributed by atoms with Crippen LogP contribution in [0.5, 0.6) is 0 Å². The zero-order valence-electron chi connectivity index (χ0n) is 10.8. The maximum atomic E-state index is 12.4. The molecule has 6 heteroatoms. The second kappa shape index (κ2) is 4.42. The van der Waals surface area contributed by atoms with E-state index in [2.05, 4.69) is 10.3 Å². The third kappa shape index (κ3) is 1.89. The Hall–Kier alpha value is -2.21. The van der Waals surface area contributed by atoms with Gasteiger partial charge in [0, 0.05) is 18.1 Å². The summed E-state index contributed by atoms with van der Waals surface area (Å²) in [6, 6.07) is 3.31. The minimum absolute atomic E-state index is 0.349. The van der Waals surface area contributed by atoms with Crippen molar-refractivity contribution in [1.82, 2.24) is 4.98 Å². The maximum absolute atomic E-state index is 12.4. The molecule has 1 fully saturated rings. The van der Waals surface area contributed by atoms with Crippen LogP contribution in [0.1, 0.15) is 6.92 Å². The first kappa shape index (κ1) is 12.8. The Labute approximate surface area is 115 Å². The topological polar surface area (TPSA) is 88.5 Å². The van der Waals surface area contributed by atoms with Crippen molar-refractivity contribution in [2.45, 2.75) is 18.6 Å². The van der Waals surface area contributed by atoms with E-state index in [-0.39, 0.29) is 5.91 Å². The van der Waals surface area contributed by atoms with Gasteiger partial charge in [0.25, 0.3) is 0 Å². The molecule has 0 aliphatic carbocycles. The van der Waals surface area contributed by atoms with E-state index in [0.29, 0.717) is 5.69 Å². The SMILES string of the molecule is C[C@@]12C=C[C@@H](O1)[C@H](C(=O)O)[C@H]2C(=O)Nc1ccncc1. The van der Waals surface area contributed by atoms with Crippen molar-refractivity contribution in [1.29, 1.82) is 0 Å².